The monoisotopic (exact) mass is 232 g/mol. The predicted molar refractivity (Wildman–Crippen MR) is 66.3 cm³/mol. The molecule has 0 aromatic rings. The Kier molecular flexibility index (Phi) is 9.99. The molecule has 0 aliphatic rings. The molecule has 0 bridgehead atoms. The van der Waals surface area contributed by atoms with Crippen LogP contribution in [0.3, 0.4) is 0 Å². The number of hydrogen-bond acceptors (Lipinski definition) is 3. The van der Waals surface area contributed by atoms with Gasteiger partial charge >= 0.3 is 0 Å². The summed E-state index contributed by atoms with van der Waals surface area (Å²) in [6, 6.07) is 0. The minimum absolute atomic E-state index is 0.481. The summed E-state index contributed by atoms with van der Waals surface area (Å²) in [5.74, 6) is 0. The van der Waals surface area contributed by atoms with Gasteiger partial charge in [0, 0.05) is 0 Å². The van der Waals surface area contributed by atoms with E-state index in [2.05, 4.69) is 6.92 Å². The van der Waals surface area contributed by atoms with Crippen LogP contribution in [0.4, 0.5) is 0 Å². The maximum absolute atomic E-state index is 9.61. The van der Waals surface area contributed by atoms with E-state index in [-0.39, 0.29) is 0 Å². The molecule has 3 heteroatoms. The molecule has 0 aromatic carbocycles. The third-order valence-corrected chi connectivity index (χ3v) is 3.06. The zero-order valence-electron chi connectivity index (χ0n) is 10.7. The average Bonchev–Trinajstić information content (AvgIpc) is 2.31. The average molecular weight is 232 g/mol. The van der Waals surface area contributed by atoms with Gasteiger partial charge in [0.2, 0.25) is 0 Å². The molecular weight excluding hydrogens is 204 g/mol. The second-order valence-electron chi connectivity index (χ2n) is 4.59. The van der Waals surface area contributed by atoms with Gasteiger partial charge in [-0.25, -0.2) is 0 Å². The largest absolute Gasteiger partial charge is 0.390 e. The Hall–Kier alpha value is -0.120. The highest BCUT2D eigenvalue weighted by molar-refractivity contribution is 4.74. The van der Waals surface area contributed by atoms with Gasteiger partial charge in [-0.1, -0.05) is 52.4 Å². The van der Waals surface area contributed by atoms with Crippen LogP contribution in [-0.2, 0) is 0 Å². The first-order valence-electron chi connectivity index (χ1n) is 6.67. The van der Waals surface area contributed by atoms with Gasteiger partial charge < -0.3 is 15.3 Å². The second kappa shape index (κ2) is 10.1. The van der Waals surface area contributed by atoms with Gasteiger partial charge in [0.1, 0.15) is 6.10 Å². The number of aliphatic hydroxyl groups excluding tert-OH is 3. The minimum Gasteiger partial charge on any atom is -0.390 e. The van der Waals surface area contributed by atoms with Gasteiger partial charge in [0.25, 0.3) is 0 Å². The summed E-state index contributed by atoms with van der Waals surface area (Å²) < 4.78 is 0. The molecule has 0 saturated carbocycles. The van der Waals surface area contributed by atoms with Crippen molar-refractivity contribution in [2.24, 2.45) is 0 Å². The van der Waals surface area contributed by atoms with Crippen LogP contribution >= 0.6 is 0 Å². The van der Waals surface area contributed by atoms with Gasteiger partial charge in [-0.3, -0.25) is 0 Å². The maximum Gasteiger partial charge on any atom is 0.106 e. The molecule has 3 unspecified atom stereocenters. The zero-order chi connectivity index (χ0) is 12.4. The minimum atomic E-state index is -0.986. The van der Waals surface area contributed by atoms with Crippen molar-refractivity contribution in [2.45, 2.75) is 83.5 Å². The smallest absolute Gasteiger partial charge is 0.106 e. The van der Waals surface area contributed by atoms with E-state index in [0.29, 0.717) is 12.8 Å². The Balaban J connectivity index is 3.45. The summed E-state index contributed by atoms with van der Waals surface area (Å²) >= 11 is 0. The molecule has 0 fully saturated rings. The van der Waals surface area contributed by atoms with E-state index < -0.39 is 18.3 Å². The molecule has 3 nitrogen and oxygen atoms in total. The van der Waals surface area contributed by atoms with Crippen molar-refractivity contribution in [3.05, 3.63) is 0 Å². The zero-order valence-corrected chi connectivity index (χ0v) is 10.7. The van der Waals surface area contributed by atoms with Crippen LogP contribution in [0.25, 0.3) is 0 Å². The van der Waals surface area contributed by atoms with Crippen LogP contribution < -0.4 is 0 Å². The molecular formula is C13H28O3. The van der Waals surface area contributed by atoms with Crippen molar-refractivity contribution >= 4 is 0 Å². The molecule has 3 N–H and O–H groups in total. The summed E-state index contributed by atoms with van der Waals surface area (Å²) in [5, 5.41) is 28.5. The van der Waals surface area contributed by atoms with Crippen molar-refractivity contribution in [2.75, 3.05) is 0 Å². The normalized spacial score (nSPS) is 17.1. The van der Waals surface area contributed by atoms with E-state index in [0.717, 1.165) is 12.8 Å². The first-order valence-corrected chi connectivity index (χ1v) is 6.67. The van der Waals surface area contributed by atoms with Crippen molar-refractivity contribution in [1.82, 2.24) is 0 Å². The molecule has 0 amide bonds. The van der Waals surface area contributed by atoms with Gasteiger partial charge in [0.15, 0.2) is 0 Å². The first kappa shape index (κ1) is 15.9. The fraction of sp³-hybridized carbons (Fsp3) is 1.00. The predicted octanol–water partition coefficient (Wildman–Crippen LogP) is 2.23. The molecule has 16 heavy (non-hydrogen) atoms. The van der Waals surface area contributed by atoms with Gasteiger partial charge in [0.05, 0.1) is 12.2 Å². The summed E-state index contributed by atoms with van der Waals surface area (Å²) in [4.78, 5) is 0. The summed E-state index contributed by atoms with van der Waals surface area (Å²) in [6.45, 7) is 3.98. The van der Waals surface area contributed by atoms with E-state index in [1.54, 1.807) is 6.92 Å². The number of aliphatic hydroxyl groups is 3. The number of unbranched alkanes of at least 4 members (excludes halogenated alkanes) is 5. The van der Waals surface area contributed by atoms with Gasteiger partial charge in [-0.05, 0) is 12.8 Å². The fourth-order valence-electron chi connectivity index (χ4n) is 1.80. The lowest BCUT2D eigenvalue weighted by Crippen LogP contribution is -2.36. The van der Waals surface area contributed by atoms with Crippen LogP contribution in [0.5, 0.6) is 0 Å². The molecule has 0 rings (SSSR count). The molecule has 98 valence electrons. The number of rotatable bonds is 10. The Bertz CT molecular complexity index is 150. The first-order chi connectivity index (χ1) is 7.63. The number of hydrogen-bond donors (Lipinski definition) is 3. The second-order valence-corrected chi connectivity index (χ2v) is 4.59. The van der Waals surface area contributed by atoms with E-state index >= 15 is 0 Å². The van der Waals surface area contributed by atoms with Crippen LogP contribution in [0.2, 0.25) is 0 Å². The van der Waals surface area contributed by atoms with Crippen LogP contribution in [-0.4, -0.2) is 33.6 Å². The van der Waals surface area contributed by atoms with Crippen LogP contribution in [0, 0.1) is 0 Å². The highest BCUT2D eigenvalue weighted by atomic mass is 16.4. The Morgan fingerprint density at radius 2 is 1.31 bits per heavy atom. The molecule has 3 atom stereocenters. The molecule has 0 saturated heterocycles. The van der Waals surface area contributed by atoms with Crippen molar-refractivity contribution in [3.63, 3.8) is 0 Å². The standard InChI is InChI=1S/C13H28O3/c1-3-5-6-7-8-9-10-12(15)13(16)11(14)4-2/h11-16H,3-10H2,1-2H3. The third-order valence-electron chi connectivity index (χ3n) is 3.06. The third kappa shape index (κ3) is 7.20. The topological polar surface area (TPSA) is 60.7 Å². The molecule has 0 aliphatic heterocycles. The quantitative estimate of drug-likeness (QED) is 0.506. The van der Waals surface area contributed by atoms with Crippen molar-refractivity contribution in [3.8, 4) is 0 Å². The highest BCUT2D eigenvalue weighted by Gasteiger charge is 2.22. The Morgan fingerprint density at radius 3 is 1.88 bits per heavy atom. The molecule has 0 spiro atoms. The summed E-state index contributed by atoms with van der Waals surface area (Å²) in [5.41, 5.74) is 0. The summed E-state index contributed by atoms with van der Waals surface area (Å²) in [6.07, 6.45) is 5.52. The molecule has 0 heterocycles. The lowest BCUT2D eigenvalue weighted by molar-refractivity contribution is -0.0630. The lowest BCUT2D eigenvalue weighted by atomic mass is 10.00. The van der Waals surface area contributed by atoms with Crippen LogP contribution in [0.15, 0.2) is 0 Å². The van der Waals surface area contributed by atoms with E-state index in [1.807, 2.05) is 0 Å². The Labute approximate surface area is 99.5 Å². The molecule has 0 radical (unpaired) electrons. The summed E-state index contributed by atoms with van der Waals surface area (Å²) in [7, 11) is 0. The Morgan fingerprint density at radius 1 is 0.750 bits per heavy atom. The molecule has 0 aliphatic carbocycles. The van der Waals surface area contributed by atoms with E-state index in [1.165, 1.54) is 25.7 Å². The maximum atomic E-state index is 9.61. The van der Waals surface area contributed by atoms with E-state index in [4.69, 9.17) is 0 Å². The SMILES string of the molecule is CCCCCCCCC(O)C(O)C(O)CC. The van der Waals surface area contributed by atoms with Crippen LogP contribution in [0.1, 0.15) is 65.2 Å². The fourth-order valence-corrected chi connectivity index (χ4v) is 1.80. The lowest BCUT2D eigenvalue weighted by Gasteiger charge is -2.21. The highest BCUT2D eigenvalue weighted by Crippen LogP contribution is 2.12. The van der Waals surface area contributed by atoms with Gasteiger partial charge in [-0.15, -0.1) is 0 Å². The van der Waals surface area contributed by atoms with Crippen molar-refractivity contribution in [1.29, 1.82) is 0 Å². The van der Waals surface area contributed by atoms with Crippen molar-refractivity contribution < 1.29 is 15.3 Å². The molecule has 0 aromatic heterocycles. The van der Waals surface area contributed by atoms with Gasteiger partial charge in [-0.2, -0.15) is 0 Å². The van der Waals surface area contributed by atoms with E-state index in [9.17, 15) is 15.3 Å².